The minimum absolute atomic E-state index is 0.166. The smallest absolute Gasteiger partial charge is 0.279 e. The van der Waals surface area contributed by atoms with Crippen LogP contribution in [0.4, 0.5) is 0 Å². The predicted molar refractivity (Wildman–Crippen MR) is 90.6 cm³/mol. The van der Waals surface area contributed by atoms with Crippen LogP contribution in [0.3, 0.4) is 0 Å². The molecule has 23 heavy (non-hydrogen) atoms. The van der Waals surface area contributed by atoms with Crippen molar-refractivity contribution in [3.8, 4) is 5.75 Å². The number of carbonyl (C=O) groups is 2. The van der Waals surface area contributed by atoms with Gasteiger partial charge in [0.2, 0.25) is 5.91 Å². The standard InChI is InChI=1S/C17H20N2O3S/c1-3-14-12(2)11-15(23-14)17(21)19-18-16(20)9-10-22-13-7-5-4-6-8-13/h4-8,11H,3,9-10H2,1-2H3,(H,18,20)(H,19,21). The SMILES string of the molecule is CCc1sc(C(=O)NNC(=O)CCOc2ccccc2)cc1C. The van der Waals surface area contributed by atoms with E-state index in [1.165, 1.54) is 16.2 Å². The van der Waals surface area contributed by atoms with Crippen molar-refractivity contribution in [1.82, 2.24) is 10.9 Å². The number of carbonyl (C=O) groups excluding carboxylic acids is 2. The number of hydrogen-bond acceptors (Lipinski definition) is 4. The zero-order chi connectivity index (χ0) is 16.7. The Morgan fingerprint density at radius 1 is 1.17 bits per heavy atom. The van der Waals surface area contributed by atoms with E-state index in [1.54, 1.807) is 0 Å². The van der Waals surface area contributed by atoms with Gasteiger partial charge in [-0.25, -0.2) is 0 Å². The lowest BCUT2D eigenvalue weighted by Crippen LogP contribution is -2.41. The molecule has 0 bridgehead atoms. The molecule has 2 rings (SSSR count). The van der Waals surface area contributed by atoms with Gasteiger partial charge in [0.05, 0.1) is 17.9 Å². The highest BCUT2D eigenvalue weighted by molar-refractivity contribution is 7.14. The molecule has 1 aromatic heterocycles. The third kappa shape index (κ3) is 5.10. The maximum absolute atomic E-state index is 12.0. The van der Waals surface area contributed by atoms with Crippen molar-refractivity contribution in [2.45, 2.75) is 26.7 Å². The molecule has 2 amide bonds. The minimum Gasteiger partial charge on any atom is -0.493 e. The lowest BCUT2D eigenvalue weighted by Gasteiger charge is -2.07. The van der Waals surface area contributed by atoms with E-state index in [9.17, 15) is 9.59 Å². The number of rotatable bonds is 6. The maximum atomic E-state index is 12.0. The summed E-state index contributed by atoms with van der Waals surface area (Å²) >= 11 is 1.45. The summed E-state index contributed by atoms with van der Waals surface area (Å²) in [5, 5.41) is 0. The molecule has 0 atom stereocenters. The van der Waals surface area contributed by atoms with Gasteiger partial charge in [-0.2, -0.15) is 0 Å². The van der Waals surface area contributed by atoms with Crippen LogP contribution in [0.25, 0.3) is 0 Å². The zero-order valence-corrected chi connectivity index (χ0v) is 14.0. The fraction of sp³-hybridized carbons (Fsp3) is 0.294. The average Bonchev–Trinajstić information content (AvgIpc) is 2.94. The van der Waals surface area contributed by atoms with Gasteiger partial charge in [0, 0.05) is 4.88 Å². The van der Waals surface area contributed by atoms with E-state index in [4.69, 9.17) is 4.74 Å². The van der Waals surface area contributed by atoms with E-state index in [0.717, 1.165) is 12.0 Å². The first kappa shape index (κ1) is 17.0. The third-order valence-electron chi connectivity index (χ3n) is 3.22. The number of hydrogen-bond donors (Lipinski definition) is 2. The predicted octanol–water partition coefficient (Wildman–Crippen LogP) is 2.85. The summed E-state index contributed by atoms with van der Waals surface area (Å²) in [4.78, 5) is 25.4. The van der Waals surface area contributed by atoms with E-state index >= 15 is 0 Å². The fourth-order valence-electron chi connectivity index (χ4n) is 2.01. The van der Waals surface area contributed by atoms with Crippen LogP contribution >= 0.6 is 11.3 Å². The van der Waals surface area contributed by atoms with Crippen LogP contribution in [0.1, 0.15) is 33.5 Å². The van der Waals surface area contributed by atoms with Gasteiger partial charge in [-0.3, -0.25) is 20.4 Å². The van der Waals surface area contributed by atoms with Gasteiger partial charge in [0.1, 0.15) is 5.75 Å². The van der Waals surface area contributed by atoms with Crippen LogP contribution in [-0.4, -0.2) is 18.4 Å². The molecule has 0 unspecified atom stereocenters. The fourth-order valence-corrected chi connectivity index (χ4v) is 3.02. The molecule has 5 nitrogen and oxygen atoms in total. The van der Waals surface area contributed by atoms with Crippen LogP contribution in [0.5, 0.6) is 5.75 Å². The summed E-state index contributed by atoms with van der Waals surface area (Å²) in [6, 6.07) is 11.1. The molecule has 6 heteroatoms. The van der Waals surface area contributed by atoms with E-state index in [-0.39, 0.29) is 24.8 Å². The van der Waals surface area contributed by atoms with Crippen LogP contribution in [0.15, 0.2) is 36.4 Å². The summed E-state index contributed by atoms with van der Waals surface area (Å²) in [5.74, 6) is 0.124. The number of thiophene rings is 1. The Bertz CT molecular complexity index is 668. The average molecular weight is 332 g/mol. The normalized spacial score (nSPS) is 10.2. The van der Waals surface area contributed by atoms with Crippen LogP contribution in [0, 0.1) is 6.92 Å². The highest BCUT2D eigenvalue weighted by Crippen LogP contribution is 2.21. The molecule has 0 aliphatic carbocycles. The number of hydrazine groups is 1. The summed E-state index contributed by atoms with van der Waals surface area (Å²) in [5.41, 5.74) is 5.93. The molecule has 0 fully saturated rings. The Hall–Kier alpha value is -2.34. The first-order valence-electron chi connectivity index (χ1n) is 7.46. The number of ether oxygens (including phenoxy) is 1. The summed E-state index contributed by atoms with van der Waals surface area (Å²) in [6.07, 6.45) is 1.06. The quantitative estimate of drug-likeness (QED) is 0.799. The molecule has 1 heterocycles. The molecule has 0 radical (unpaired) electrons. The van der Waals surface area contributed by atoms with Crippen LogP contribution in [-0.2, 0) is 11.2 Å². The molecule has 0 spiro atoms. The number of benzene rings is 1. The Kier molecular flexibility index (Phi) is 6.17. The first-order chi connectivity index (χ1) is 11.1. The van der Waals surface area contributed by atoms with Gasteiger partial charge in [-0.1, -0.05) is 25.1 Å². The number of nitrogens with one attached hydrogen (secondary N) is 2. The Morgan fingerprint density at radius 2 is 1.91 bits per heavy atom. The monoisotopic (exact) mass is 332 g/mol. The Morgan fingerprint density at radius 3 is 2.57 bits per heavy atom. The van der Waals surface area contributed by atoms with Crippen molar-refractivity contribution in [1.29, 1.82) is 0 Å². The highest BCUT2D eigenvalue weighted by Gasteiger charge is 2.12. The summed E-state index contributed by atoms with van der Waals surface area (Å²) in [6.45, 7) is 4.28. The van der Waals surface area contributed by atoms with Crippen LogP contribution < -0.4 is 15.6 Å². The topological polar surface area (TPSA) is 67.4 Å². The number of amides is 2. The van der Waals surface area contributed by atoms with E-state index < -0.39 is 0 Å². The lowest BCUT2D eigenvalue weighted by molar-refractivity contribution is -0.122. The zero-order valence-electron chi connectivity index (χ0n) is 13.2. The number of para-hydroxylation sites is 1. The molecule has 1 aromatic carbocycles. The van der Waals surface area contributed by atoms with Crippen LogP contribution in [0.2, 0.25) is 0 Å². The maximum Gasteiger partial charge on any atom is 0.279 e. The van der Waals surface area contributed by atoms with Crippen molar-refractivity contribution >= 4 is 23.2 Å². The molecule has 122 valence electrons. The summed E-state index contributed by atoms with van der Waals surface area (Å²) in [7, 11) is 0. The first-order valence-corrected chi connectivity index (χ1v) is 8.28. The van der Waals surface area contributed by atoms with E-state index in [1.807, 2.05) is 43.3 Å². The van der Waals surface area contributed by atoms with Gasteiger partial charge in [-0.15, -0.1) is 11.3 Å². The molecule has 2 N–H and O–H groups in total. The van der Waals surface area contributed by atoms with Gasteiger partial charge >= 0.3 is 0 Å². The van der Waals surface area contributed by atoms with Gasteiger partial charge in [0.15, 0.2) is 0 Å². The van der Waals surface area contributed by atoms with Crippen molar-refractivity contribution in [3.63, 3.8) is 0 Å². The molecule has 2 aromatic rings. The van der Waals surface area contributed by atoms with E-state index in [0.29, 0.717) is 10.6 Å². The Labute approximate surface area is 139 Å². The Balaban J connectivity index is 1.72. The summed E-state index contributed by atoms with van der Waals surface area (Å²) < 4.78 is 5.43. The van der Waals surface area contributed by atoms with Crippen molar-refractivity contribution in [3.05, 3.63) is 51.7 Å². The molecular formula is C17H20N2O3S. The van der Waals surface area contributed by atoms with Gasteiger partial charge < -0.3 is 4.74 Å². The number of aryl methyl sites for hydroxylation is 2. The molecular weight excluding hydrogens is 312 g/mol. The molecule has 0 saturated heterocycles. The van der Waals surface area contributed by atoms with E-state index in [2.05, 4.69) is 17.8 Å². The van der Waals surface area contributed by atoms with Gasteiger partial charge in [0.25, 0.3) is 5.91 Å². The second-order valence-electron chi connectivity index (χ2n) is 4.98. The van der Waals surface area contributed by atoms with Crippen molar-refractivity contribution in [2.24, 2.45) is 0 Å². The molecule has 0 saturated carbocycles. The largest absolute Gasteiger partial charge is 0.493 e. The van der Waals surface area contributed by atoms with Gasteiger partial charge in [-0.05, 0) is 37.1 Å². The second kappa shape index (κ2) is 8.33. The van der Waals surface area contributed by atoms with Crippen molar-refractivity contribution < 1.29 is 14.3 Å². The second-order valence-corrected chi connectivity index (χ2v) is 6.12. The van der Waals surface area contributed by atoms with Crippen molar-refractivity contribution in [2.75, 3.05) is 6.61 Å². The third-order valence-corrected chi connectivity index (χ3v) is 4.60. The molecule has 0 aliphatic rings. The molecule has 0 aliphatic heterocycles. The lowest BCUT2D eigenvalue weighted by atomic mass is 10.2. The highest BCUT2D eigenvalue weighted by atomic mass is 32.1. The minimum atomic E-state index is -0.296.